The van der Waals surface area contributed by atoms with E-state index in [0.29, 0.717) is 0 Å². The Bertz CT molecular complexity index is 1300. The van der Waals surface area contributed by atoms with Crippen LogP contribution in [0, 0.1) is 0 Å². The third-order valence-electron chi connectivity index (χ3n) is 6.71. The molecule has 0 N–H and O–H groups in total. The first kappa shape index (κ1) is 19.1. The van der Waals surface area contributed by atoms with E-state index in [2.05, 4.69) is 109 Å². The fourth-order valence-corrected chi connectivity index (χ4v) is 5.12. The van der Waals surface area contributed by atoms with E-state index in [1.165, 1.54) is 39.3 Å². The number of nitrogens with zero attached hydrogens (tertiary/aromatic N) is 3. The molecule has 0 saturated carbocycles. The van der Waals surface area contributed by atoms with Crippen molar-refractivity contribution in [2.75, 3.05) is 9.80 Å². The van der Waals surface area contributed by atoms with Gasteiger partial charge in [0.05, 0.1) is 11.4 Å². The Morgan fingerprint density at radius 3 is 2.31 bits per heavy atom. The second-order valence-electron chi connectivity index (χ2n) is 9.75. The molecule has 158 valence electrons. The molecule has 4 aromatic rings. The van der Waals surface area contributed by atoms with Crippen molar-refractivity contribution < 1.29 is 0 Å². The van der Waals surface area contributed by atoms with Crippen LogP contribution in [0.4, 0.5) is 22.9 Å². The highest BCUT2D eigenvalue weighted by atomic mass is 15.5. The smallest absolute Gasteiger partial charge is 0.158 e. The number of hydrogen-bond donors (Lipinski definition) is 0. The maximum atomic E-state index is 4.83. The van der Waals surface area contributed by atoms with Crippen LogP contribution in [0.25, 0.3) is 11.1 Å². The quantitative estimate of drug-likeness (QED) is 0.343. The molecule has 0 amide bonds. The lowest BCUT2D eigenvalue weighted by Crippen LogP contribution is -2.36. The van der Waals surface area contributed by atoms with E-state index in [0.717, 1.165) is 12.2 Å². The molecule has 1 aromatic heterocycles. The summed E-state index contributed by atoms with van der Waals surface area (Å²) in [6.07, 6.45) is 3.07. The van der Waals surface area contributed by atoms with Crippen molar-refractivity contribution in [3.8, 4) is 11.1 Å². The predicted octanol–water partition coefficient (Wildman–Crippen LogP) is 7.22. The Morgan fingerprint density at radius 1 is 0.750 bits per heavy atom. The van der Waals surface area contributed by atoms with Crippen LogP contribution < -0.4 is 9.80 Å². The second kappa shape index (κ2) is 6.96. The van der Waals surface area contributed by atoms with E-state index in [1.54, 1.807) is 0 Å². The molecule has 32 heavy (non-hydrogen) atoms. The van der Waals surface area contributed by atoms with Crippen LogP contribution in [-0.4, -0.2) is 11.1 Å². The summed E-state index contributed by atoms with van der Waals surface area (Å²) in [5.74, 6) is 1.04. The van der Waals surface area contributed by atoms with Gasteiger partial charge in [0, 0.05) is 23.9 Å². The zero-order valence-electron chi connectivity index (χ0n) is 18.8. The Kier molecular flexibility index (Phi) is 4.16. The largest absolute Gasteiger partial charge is 0.316 e. The number of pyridine rings is 1. The molecule has 2 aliphatic rings. The topological polar surface area (TPSA) is 19.4 Å². The van der Waals surface area contributed by atoms with Gasteiger partial charge >= 0.3 is 0 Å². The third kappa shape index (κ3) is 2.85. The highest BCUT2D eigenvalue weighted by molar-refractivity contribution is 5.93. The predicted molar refractivity (Wildman–Crippen MR) is 133 cm³/mol. The number of para-hydroxylation sites is 1. The molecule has 0 bridgehead atoms. The van der Waals surface area contributed by atoms with Crippen molar-refractivity contribution in [2.45, 2.75) is 38.8 Å². The number of anilines is 4. The van der Waals surface area contributed by atoms with E-state index < -0.39 is 0 Å². The molecule has 2 aliphatic heterocycles. The SMILES string of the molecule is CC(C)(C)c1ccc2c(c1)CC1N(c3ccccc3-c3ccccc3)c3cccnc3N21. The van der Waals surface area contributed by atoms with Crippen LogP contribution in [-0.2, 0) is 11.8 Å². The minimum Gasteiger partial charge on any atom is -0.316 e. The number of fused-ring (bicyclic) bond motifs is 5. The van der Waals surface area contributed by atoms with Gasteiger partial charge in [0.2, 0.25) is 0 Å². The van der Waals surface area contributed by atoms with Gasteiger partial charge in [0.1, 0.15) is 6.17 Å². The fourth-order valence-electron chi connectivity index (χ4n) is 5.12. The van der Waals surface area contributed by atoms with Crippen LogP contribution in [0.2, 0.25) is 0 Å². The van der Waals surface area contributed by atoms with Crippen molar-refractivity contribution in [3.63, 3.8) is 0 Å². The highest BCUT2D eigenvalue weighted by Crippen LogP contribution is 2.53. The standard InChI is InChI=1S/C29H27N3/c1-29(2,3)22-15-16-24-21(18-22)19-27-31(26-14-9-17-30-28(26)32(24)27)25-13-8-7-12-23(25)20-10-5-4-6-11-20/h4-18,27H,19H2,1-3H3. The van der Waals surface area contributed by atoms with Crippen LogP contribution in [0.15, 0.2) is 91.1 Å². The van der Waals surface area contributed by atoms with Gasteiger partial charge in [-0.25, -0.2) is 4.98 Å². The van der Waals surface area contributed by atoms with Crippen LogP contribution in [0.5, 0.6) is 0 Å². The Morgan fingerprint density at radius 2 is 1.50 bits per heavy atom. The first-order chi connectivity index (χ1) is 15.5. The number of rotatable bonds is 2. The van der Waals surface area contributed by atoms with Crippen molar-refractivity contribution in [1.82, 2.24) is 4.98 Å². The summed E-state index contributed by atoms with van der Waals surface area (Å²) in [5, 5.41) is 0. The number of aromatic nitrogens is 1. The normalized spacial score (nSPS) is 16.7. The van der Waals surface area contributed by atoms with E-state index >= 15 is 0 Å². The zero-order chi connectivity index (χ0) is 21.9. The van der Waals surface area contributed by atoms with Gasteiger partial charge < -0.3 is 9.80 Å². The molecular formula is C29H27N3. The van der Waals surface area contributed by atoms with Crippen LogP contribution in [0.3, 0.4) is 0 Å². The summed E-state index contributed by atoms with van der Waals surface area (Å²) in [5.41, 5.74) is 9.08. The monoisotopic (exact) mass is 417 g/mol. The van der Waals surface area contributed by atoms with Crippen molar-refractivity contribution in [3.05, 3.63) is 102 Å². The summed E-state index contributed by atoms with van der Waals surface area (Å²) in [6.45, 7) is 6.85. The lowest BCUT2D eigenvalue weighted by molar-refractivity contribution is 0.589. The molecule has 3 nitrogen and oxygen atoms in total. The number of hydrogen-bond acceptors (Lipinski definition) is 3. The van der Waals surface area contributed by atoms with E-state index in [4.69, 9.17) is 4.98 Å². The van der Waals surface area contributed by atoms with E-state index in [9.17, 15) is 0 Å². The lowest BCUT2D eigenvalue weighted by Gasteiger charge is -2.29. The van der Waals surface area contributed by atoms with Gasteiger partial charge in [-0.2, -0.15) is 0 Å². The third-order valence-corrected chi connectivity index (χ3v) is 6.71. The second-order valence-corrected chi connectivity index (χ2v) is 9.75. The van der Waals surface area contributed by atoms with Crippen molar-refractivity contribution in [1.29, 1.82) is 0 Å². The Hall–Kier alpha value is -3.59. The van der Waals surface area contributed by atoms with Gasteiger partial charge in [-0.3, -0.25) is 0 Å². The summed E-state index contributed by atoms with van der Waals surface area (Å²) < 4.78 is 0. The molecule has 0 radical (unpaired) electrons. The van der Waals surface area contributed by atoms with Gasteiger partial charge in [-0.05, 0) is 46.4 Å². The summed E-state index contributed by atoms with van der Waals surface area (Å²) in [7, 11) is 0. The fraction of sp³-hybridized carbons (Fsp3) is 0.207. The summed E-state index contributed by atoms with van der Waals surface area (Å²) in [4.78, 5) is 9.75. The minimum absolute atomic E-state index is 0.137. The molecule has 0 aliphatic carbocycles. The molecule has 3 heteroatoms. The molecule has 3 aromatic carbocycles. The van der Waals surface area contributed by atoms with E-state index in [1.807, 2.05) is 12.3 Å². The Balaban J connectivity index is 1.52. The van der Waals surface area contributed by atoms with Gasteiger partial charge in [-0.1, -0.05) is 81.4 Å². The average molecular weight is 418 g/mol. The van der Waals surface area contributed by atoms with Crippen LogP contribution >= 0.6 is 0 Å². The highest BCUT2D eigenvalue weighted by Gasteiger charge is 2.44. The summed E-state index contributed by atoms with van der Waals surface area (Å²) in [6, 6.07) is 30.6. The van der Waals surface area contributed by atoms with Gasteiger partial charge in [0.15, 0.2) is 5.82 Å². The average Bonchev–Trinajstić information content (AvgIpc) is 3.33. The van der Waals surface area contributed by atoms with Gasteiger partial charge in [0.25, 0.3) is 0 Å². The molecule has 0 saturated heterocycles. The molecular weight excluding hydrogens is 390 g/mol. The lowest BCUT2D eigenvalue weighted by atomic mass is 9.86. The molecule has 0 spiro atoms. The minimum atomic E-state index is 0.137. The molecule has 0 fully saturated rings. The van der Waals surface area contributed by atoms with E-state index in [-0.39, 0.29) is 11.6 Å². The van der Waals surface area contributed by atoms with Gasteiger partial charge in [-0.15, -0.1) is 0 Å². The van der Waals surface area contributed by atoms with Crippen molar-refractivity contribution in [2.24, 2.45) is 0 Å². The van der Waals surface area contributed by atoms with Crippen LogP contribution in [0.1, 0.15) is 31.9 Å². The summed E-state index contributed by atoms with van der Waals surface area (Å²) >= 11 is 0. The maximum Gasteiger partial charge on any atom is 0.158 e. The first-order valence-electron chi connectivity index (χ1n) is 11.3. The zero-order valence-corrected chi connectivity index (χ0v) is 18.8. The molecule has 3 heterocycles. The molecule has 1 atom stereocenters. The maximum absolute atomic E-state index is 4.83. The first-order valence-corrected chi connectivity index (χ1v) is 11.3. The molecule has 6 rings (SSSR count). The Labute approximate surface area is 190 Å². The van der Waals surface area contributed by atoms with Crippen molar-refractivity contribution >= 4 is 22.9 Å². The molecule has 1 unspecified atom stereocenters. The number of benzene rings is 3.